The van der Waals surface area contributed by atoms with Crippen molar-refractivity contribution in [2.24, 2.45) is 0 Å². The van der Waals surface area contributed by atoms with E-state index in [4.69, 9.17) is 37.4 Å². The lowest BCUT2D eigenvalue weighted by atomic mass is 10.1. The van der Waals surface area contributed by atoms with Gasteiger partial charge in [0.1, 0.15) is 5.75 Å². The van der Waals surface area contributed by atoms with Gasteiger partial charge in [-0.25, -0.2) is 0 Å². The van der Waals surface area contributed by atoms with Gasteiger partial charge in [0.05, 0.1) is 43.7 Å². The van der Waals surface area contributed by atoms with Gasteiger partial charge in [0.2, 0.25) is 5.91 Å². The van der Waals surface area contributed by atoms with Gasteiger partial charge >= 0.3 is 0 Å². The summed E-state index contributed by atoms with van der Waals surface area (Å²) in [7, 11) is 1.65. The standard InChI is InChI=1S/C32H34Cl2N4O4/c1-40-28-12-10-23(16-24(28)20-38-21-26(34)18-35-38)19-37-14-6-2-3-7-15-41-30-8-4-5-9-31(30)42-29-13-11-25(33)17-27(29)36-32(39)22-37/h4-5,8-13,16-18,21H,2-3,6-7,14-15,19-20,22H2,1H3,(H,36,39). The summed E-state index contributed by atoms with van der Waals surface area (Å²) < 4.78 is 19.6. The number of benzene rings is 3. The van der Waals surface area contributed by atoms with E-state index in [1.807, 2.05) is 36.4 Å². The third kappa shape index (κ3) is 8.18. The smallest absolute Gasteiger partial charge is 0.238 e. The second-order valence-corrected chi connectivity index (χ2v) is 11.1. The van der Waals surface area contributed by atoms with E-state index in [1.165, 1.54) is 0 Å². The highest BCUT2D eigenvalue weighted by Gasteiger charge is 2.17. The Labute approximate surface area is 256 Å². The zero-order valence-corrected chi connectivity index (χ0v) is 25.0. The second-order valence-electron chi connectivity index (χ2n) is 10.2. The molecule has 10 heteroatoms. The number of ether oxygens (including phenoxy) is 3. The molecule has 220 valence electrons. The first kappa shape index (κ1) is 29.8. The second kappa shape index (κ2) is 14.4. The topological polar surface area (TPSA) is 77.9 Å². The molecule has 4 aromatic rings. The molecule has 2 heterocycles. The highest BCUT2D eigenvalue weighted by atomic mass is 35.5. The molecule has 0 fully saturated rings. The van der Waals surface area contributed by atoms with Crippen LogP contribution in [0.3, 0.4) is 0 Å². The maximum Gasteiger partial charge on any atom is 0.238 e. The van der Waals surface area contributed by atoms with Crippen LogP contribution >= 0.6 is 23.2 Å². The Bertz CT molecular complexity index is 1510. The number of para-hydroxylation sites is 2. The molecule has 0 aliphatic carbocycles. The molecular weight excluding hydrogens is 575 g/mol. The Morgan fingerprint density at radius 1 is 0.929 bits per heavy atom. The number of hydrogen-bond acceptors (Lipinski definition) is 6. The molecule has 0 unspecified atom stereocenters. The van der Waals surface area contributed by atoms with Crippen LogP contribution in [0.15, 0.2) is 73.1 Å². The van der Waals surface area contributed by atoms with Gasteiger partial charge in [0, 0.05) is 23.3 Å². The van der Waals surface area contributed by atoms with Gasteiger partial charge in [-0.15, -0.1) is 0 Å². The summed E-state index contributed by atoms with van der Waals surface area (Å²) in [5.41, 5.74) is 2.55. The zero-order valence-electron chi connectivity index (χ0n) is 23.5. The fraction of sp³-hybridized carbons (Fsp3) is 0.312. The van der Waals surface area contributed by atoms with Crippen LogP contribution in [0.4, 0.5) is 5.69 Å². The Kier molecular flexibility index (Phi) is 10.2. The number of halogens is 2. The summed E-state index contributed by atoms with van der Waals surface area (Å²) in [6, 6.07) is 18.8. The summed E-state index contributed by atoms with van der Waals surface area (Å²) in [6.45, 7) is 2.70. The van der Waals surface area contributed by atoms with Gasteiger partial charge in [-0.1, -0.05) is 54.2 Å². The molecule has 1 amide bonds. The van der Waals surface area contributed by atoms with E-state index >= 15 is 0 Å². The average molecular weight is 610 g/mol. The summed E-state index contributed by atoms with van der Waals surface area (Å²) in [6.07, 6.45) is 7.35. The van der Waals surface area contributed by atoms with Crippen molar-refractivity contribution in [3.8, 4) is 23.0 Å². The molecule has 0 saturated carbocycles. The summed E-state index contributed by atoms with van der Waals surface area (Å²) >= 11 is 12.4. The molecule has 5 rings (SSSR count). The van der Waals surface area contributed by atoms with Crippen LogP contribution in [0.2, 0.25) is 10.0 Å². The molecule has 0 bridgehead atoms. The molecule has 1 N–H and O–H groups in total. The maximum absolute atomic E-state index is 13.4. The van der Waals surface area contributed by atoms with Gasteiger partial charge in [-0.05, 0) is 67.4 Å². The first-order valence-electron chi connectivity index (χ1n) is 14.0. The van der Waals surface area contributed by atoms with Gasteiger partial charge in [-0.3, -0.25) is 14.4 Å². The number of carbonyl (C=O) groups is 1. The SMILES string of the molecule is COc1ccc(CN2CCCCCCOc3ccccc3Oc3ccc(Cl)cc3NC(=O)C2)cc1Cn1cc(Cl)cn1. The largest absolute Gasteiger partial charge is 0.496 e. The van der Waals surface area contributed by atoms with Crippen LogP contribution in [0.5, 0.6) is 23.0 Å². The number of nitrogens with zero attached hydrogens (tertiary/aromatic N) is 3. The van der Waals surface area contributed by atoms with E-state index in [1.54, 1.807) is 42.4 Å². The van der Waals surface area contributed by atoms with Crippen LogP contribution in [0.25, 0.3) is 0 Å². The Morgan fingerprint density at radius 2 is 1.76 bits per heavy atom. The highest BCUT2D eigenvalue weighted by Crippen LogP contribution is 2.36. The molecule has 1 aromatic heterocycles. The predicted octanol–water partition coefficient (Wildman–Crippen LogP) is 7.43. The van der Waals surface area contributed by atoms with Crippen LogP contribution in [0, 0.1) is 0 Å². The molecule has 3 aromatic carbocycles. The van der Waals surface area contributed by atoms with E-state index < -0.39 is 0 Å². The van der Waals surface area contributed by atoms with E-state index in [9.17, 15) is 4.79 Å². The van der Waals surface area contributed by atoms with Gasteiger partial charge < -0.3 is 19.5 Å². The minimum atomic E-state index is -0.154. The van der Waals surface area contributed by atoms with Gasteiger partial charge in [-0.2, -0.15) is 5.10 Å². The number of aromatic nitrogens is 2. The molecule has 0 atom stereocenters. The van der Waals surface area contributed by atoms with Crippen molar-refractivity contribution in [3.05, 3.63) is 94.2 Å². The number of rotatable bonds is 5. The van der Waals surface area contributed by atoms with Crippen molar-refractivity contribution >= 4 is 34.8 Å². The monoisotopic (exact) mass is 608 g/mol. The highest BCUT2D eigenvalue weighted by molar-refractivity contribution is 6.31. The predicted molar refractivity (Wildman–Crippen MR) is 165 cm³/mol. The third-order valence-electron chi connectivity index (χ3n) is 6.96. The zero-order chi connectivity index (χ0) is 29.3. The molecule has 0 spiro atoms. The van der Waals surface area contributed by atoms with Crippen LogP contribution < -0.4 is 19.5 Å². The van der Waals surface area contributed by atoms with Crippen molar-refractivity contribution in [2.45, 2.75) is 38.8 Å². The van der Waals surface area contributed by atoms with E-state index in [0.717, 1.165) is 49.1 Å². The van der Waals surface area contributed by atoms with E-state index in [0.29, 0.717) is 52.7 Å². The number of hydrogen-bond donors (Lipinski definition) is 1. The lowest BCUT2D eigenvalue weighted by Crippen LogP contribution is -2.33. The minimum Gasteiger partial charge on any atom is -0.496 e. The lowest BCUT2D eigenvalue weighted by Gasteiger charge is -2.23. The lowest BCUT2D eigenvalue weighted by molar-refractivity contribution is -0.117. The summed E-state index contributed by atoms with van der Waals surface area (Å²) in [5, 5.41) is 8.40. The van der Waals surface area contributed by atoms with Crippen molar-refractivity contribution in [1.29, 1.82) is 0 Å². The maximum atomic E-state index is 13.4. The molecule has 42 heavy (non-hydrogen) atoms. The molecule has 0 saturated heterocycles. The van der Waals surface area contributed by atoms with Crippen molar-refractivity contribution in [1.82, 2.24) is 14.7 Å². The number of methoxy groups -OCH3 is 1. The minimum absolute atomic E-state index is 0.154. The Hall–Kier alpha value is -3.72. The fourth-order valence-electron chi connectivity index (χ4n) is 4.95. The van der Waals surface area contributed by atoms with Crippen LogP contribution in [-0.2, 0) is 17.9 Å². The summed E-state index contributed by atoms with van der Waals surface area (Å²) in [4.78, 5) is 15.5. The van der Waals surface area contributed by atoms with E-state index in [2.05, 4.69) is 21.4 Å². The third-order valence-corrected chi connectivity index (χ3v) is 7.39. The number of anilines is 1. The molecule has 1 aliphatic heterocycles. The number of amides is 1. The first-order chi connectivity index (χ1) is 20.5. The molecule has 0 radical (unpaired) electrons. The Balaban J connectivity index is 1.36. The molecule has 1 aliphatic rings. The van der Waals surface area contributed by atoms with Crippen LogP contribution in [0.1, 0.15) is 36.8 Å². The quantitative estimate of drug-likeness (QED) is 0.254. The van der Waals surface area contributed by atoms with Crippen molar-refractivity contribution in [3.63, 3.8) is 0 Å². The normalized spacial score (nSPS) is 15.1. The summed E-state index contributed by atoms with van der Waals surface area (Å²) in [5.74, 6) is 2.35. The van der Waals surface area contributed by atoms with Gasteiger partial charge in [0.15, 0.2) is 17.2 Å². The van der Waals surface area contributed by atoms with Crippen LogP contribution in [-0.4, -0.2) is 47.4 Å². The number of nitrogens with one attached hydrogen (secondary N) is 1. The van der Waals surface area contributed by atoms with Crippen molar-refractivity contribution in [2.75, 3.05) is 32.1 Å². The number of carbonyl (C=O) groups excluding carboxylic acids is 1. The van der Waals surface area contributed by atoms with E-state index in [-0.39, 0.29) is 12.5 Å². The molecule has 8 nitrogen and oxygen atoms in total. The fourth-order valence-corrected chi connectivity index (χ4v) is 5.28. The van der Waals surface area contributed by atoms with Crippen molar-refractivity contribution < 1.29 is 19.0 Å². The first-order valence-corrected chi connectivity index (χ1v) is 14.8. The van der Waals surface area contributed by atoms with Gasteiger partial charge in [0.25, 0.3) is 0 Å². The average Bonchev–Trinajstić information content (AvgIpc) is 3.38. The molecular formula is C32H34Cl2N4O4. The number of fused-ring (bicyclic) bond motifs is 2. The Morgan fingerprint density at radius 3 is 2.57 bits per heavy atom.